The number of carbonyl (C=O) groups is 1. The summed E-state index contributed by atoms with van der Waals surface area (Å²) in [4.78, 5) is 16.6. The van der Waals surface area contributed by atoms with Gasteiger partial charge in [-0.3, -0.25) is 0 Å². The summed E-state index contributed by atoms with van der Waals surface area (Å²) in [7, 11) is 0. The Balaban J connectivity index is 1.37. The van der Waals surface area contributed by atoms with Crippen molar-refractivity contribution in [2.24, 2.45) is 5.92 Å². The molecule has 2 fully saturated rings. The summed E-state index contributed by atoms with van der Waals surface area (Å²) in [5.74, 6) is 0.714. The van der Waals surface area contributed by atoms with Crippen LogP contribution in [-0.2, 0) is 11.3 Å². The van der Waals surface area contributed by atoms with E-state index < -0.39 is 0 Å². The third-order valence-corrected chi connectivity index (χ3v) is 4.80. The third-order valence-electron chi connectivity index (χ3n) is 4.80. The van der Waals surface area contributed by atoms with Gasteiger partial charge < -0.3 is 19.9 Å². The number of carbonyl (C=O) groups excluding carboxylic acids is 1. The third kappa shape index (κ3) is 4.94. The van der Waals surface area contributed by atoms with Crippen LogP contribution in [0.15, 0.2) is 30.3 Å². The van der Waals surface area contributed by atoms with E-state index in [1.165, 1.54) is 6.54 Å². The van der Waals surface area contributed by atoms with Gasteiger partial charge >= 0.3 is 6.09 Å². The fourth-order valence-electron chi connectivity index (χ4n) is 3.37. The molecular weight excluding hydrogens is 290 g/mol. The lowest BCUT2D eigenvalue weighted by Crippen LogP contribution is -2.47. The molecule has 5 nitrogen and oxygen atoms in total. The molecule has 1 aromatic carbocycles. The van der Waals surface area contributed by atoms with Gasteiger partial charge in [0.05, 0.1) is 0 Å². The van der Waals surface area contributed by atoms with Crippen LogP contribution < -0.4 is 5.32 Å². The van der Waals surface area contributed by atoms with Gasteiger partial charge in [-0.25, -0.2) is 4.79 Å². The number of ether oxygens (including phenoxy) is 1. The average molecular weight is 317 g/mol. The van der Waals surface area contributed by atoms with E-state index >= 15 is 0 Å². The molecule has 2 saturated heterocycles. The summed E-state index contributed by atoms with van der Waals surface area (Å²) in [5, 5.41) is 3.39. The van der Waals surface area contributed by atoms with Gasteiger partial charge in [-0.05, 0) is 24.3 Å². The highest BCUT2D eigenvalue weighted by atomic mass is 16.6. The molecule has 0 bridgehead atoms. The molecule has 0 spiro atoms. The van der Waals surface area contributed by atoms with Crippen LogP contribution in [0.4, 0.5) is 4.79 Å². The van der Waals surface area contributed by atoms with Crippen LogP contribution >= 0.6 is 0 Å². The molecule has 0 radical (unpaired) electrons. The number of likely N-dealkylation sites (tertiary alicyclic amines) is 1. The Hall–Kier alpha value is -1.59. The number of amides is 1. The monoisotopic (exact) mass is 317 g/mol. The minimum Gasteiger partial charge on any atom is -0.445 e. The Morgan fingerprint density at radius 2 is 1.78 bits per heavy atom. The zero-order valence-corrected chi connectivity index (χ0v) is 13.7. The van der Waals surface area contributed by atoms with E-state index in [2.05, 4.69) is 10.2 Å². The van der Waals surface area contributed by atoms with Gasteiger partial charge in [0.15, 0.2) is 0 Å². The Kier molecular flexibility index (Phi) is 5.88. The van der Waals surface area contributed by atoms with Crippen molar-refractivity contribution in [2.75, 3.05) is 45.8 Å². The first-order valence-electron chi connectivity index (χ1n) is 8.70. The second kappa shape index (κ2) is 8.31. The van der Waals surface area contributed by atoms with Gasteiger partial charge in [0.25, 0.3) is 0 Å². The molecule has 1 aromatic rings. The second-order valence-corrected chi connectivity index (χ2v) is 6.52. The van der Waals surface area contributed by atoms with E-state index in [9.17, 15) is 4.79 Å². The number of rotatable bonds is 4. The second-order valence-electron chi connectivity index (χ2n) is 6.52. The van der Waals surface area contributed by atoms with Crippen molar-refractivity contribution in [1.82, 2.24) is 15.1 Å². The van der Waals surface area contributed by atoms with Gasteiger partial charge in [0.2, 0.25) is 0 Å². The number of piperazine rings is 1. The summed E-state index contributed by atoms with van der Waals surface area (Å²) in [6.07, 6.45) is 2.00. The molecule has 0 atom stereocenters. The Morgan fingerprint density at radius 3 is 2.48 bits per heavy atom. The maximum atomic E-state index is 12.2. The molecule has 23 heavy (non-hydrogen) atoms. The number of nitrogens with one attached hydrogen (secondary N) is 1. The molecule has 0 aromatic heterocycles. The van der Waals surface area contributed by atoms with Crippen molar-refractivity contribution in [3.8, 4) is 0 Å². The van der Waals surface area contributed by atoms with Crippen molar-refractivity contribution < 1.29 is 9.53 Å². The maximum absolute atomic E-state index is 12.2. The molecule has 2 aliphatic rings. The first kappa shape index (κ1) is 16.3. The van der Waals surface area contributed by atoms with E-state index in [1.54, 1.807) is 0 Å². The summed E-state index contributed by atoms with van der Waals surface area (Å²) in [5.41, 5.74) is 1.04. The molecule has 2 aliphatic heterocycles. The number of piperidine rings is 1. The lowest BCUT2D eigenvalue weighted by atomic mass is 9.96. The number of nitrogens with zero attached hydrogens (tertiary/aromatic N) is 2. The molecule has 2 heterocycles. The molecule has 1 amide bonds. The lowest BCUT2D eigenvalue weighted by molar-refractivity contribution is 0.0763. The van der Waals surface area contributed by atoms with Crippen LogP contribution in [0.3, 0.4) is 0 Å². The van der Waals surface area contributed by atoms with Gasteiger partial charge in [0, 0.05) is 45.8 Å². The predicted octanol–water partition coefficient (Wildman–Crippen LogP) is 1.94. The first-order valence-corrected chi connectivity index (χ1v) is 8.70. The van der Waals surface area contributed by atoms with Crippen LogP contribution in [0, 0.1) is 5.92 Å². The van der Waals surface area contributed by atoms with Gasteiger partial charge in [-0.1, -0.05) is 30.3 Å². The van der Waals surface area contributed by atoms with Crippen LogP contribution in [-0.4, -0.2) is 61.7 Å². The lowest BCUT2D eigenvalue weighted by Gasteiger charge is -2.35. The first-order chi connectivity index (χ1) is 11.3. The van der Waals surface area contributed by atoms with E-state index in [1.807, 2.05) is 35.2 Å². The topological polar surface area (TPSA) is 44.8 Å². The number of hydrogen-bond donors (Lipinski definition) is 1. The Bertz CT molecular complexity index is 480. The fraction of sp³-hybridized carbons (Fsp3) is 0.611. The van der Waals surface area contributed by atoms with Crippen LogP contribution in [0.25, 0.3) is 0 Å². The number of hydrogen-bond acceptors (Lipinski definition) is 4. The minimum absolute atomic E-state index is 0.172. The van der Waals surface area contributed by atoms with E-state index in [0.717, 1.165) is 57.7 Å². The highest BCUT2D eigenvalue weighted by Gasteiger charge is 2.25. The Morgan fingerprint density at radius 1 is 1.09 bits per heavy atom. The van der Waals surface area contributed by atoms with Gasteiger partial charge in [0.1, 0.15) is 6.61 Å². The van der Waals surface area contributed by atoms with Crippen molar-refractivity contribution in [1.29, 1.82) is 0 Å². The van der Waals surface area contributed by atoms with Crippen LogP contribution in [0.2, 0.25) is 0 Å². The van der Waals surface area contributed by atoms with Crippen molar-refractivity contribution in [3.63, 3.8) is 0 Å². The maximum Gasteiger partial charge on any atom is 0.410 e. The van der Waals surface area contributed by atoms with Crippen molar-refractivity contribution in [3.05, 3.63) is 35.9 Å². The van der Waals surface area contributed by atoms with Crippen molar-refractivity contribution in [2.45, 2.75) is 19.4 Å². The standard InChI is InChI=1S/C18H27N3O2/c22-18(23-15-17-4-2-1-3-5-17)21-10-6-16(7-11-21)14-20-12-8-19-9-13-20/h1-5,16,19H,6-15H2. The SMILES string of the molecule is O=C(OCc1ccccc1)N1CCC(CN2CCNCC2)CC1. The minimum atomic E-state index is -0.172. The molecule has 3 rings (SSSR count). The average Bonchev–Trinajstić information content (AvgIpc) is 2.62. The van der Waals surface area contributed by atoms with Crippen molar-refractivity contribution >= 4 is 6.09 Å². The fourth-order valence-corrected chi connectivity index (χ4v) is 3.37. The molecule has 1 N–H and O–H groups in total. The predicted molar refractivity (Wildman–Crippen MR) is 90.2 cm³/mol. The molecule has 0 aliphatic carbocycles. The summed E-state index contributed by atoms with van der Waals surface area (Å²) < 4.78 is 5.42. The smallest absolute Gasteiger partial charge is 0.410 e. The molecule has 0 unspecified atom stereocenters. The molecule has 5 heteroatoms. The van der Waals surface area contributed by atoms with Crippen LogP contribution in [0.5, 0.6) is 0 Å². The van der Waals surface area contributed by atoms with E-state index in [-0.39, 0.29) is 6.09 Å². The number of benzene rings is 1. The van der Waals surface area contributed by atoms with E-state index in [4.69, 9.17) is 4.74 Å². The largest absolute Gasteiger partial charge is 0.445 e. The Labute approximate surface area is 138 Å². The summed E-state index contributed by atoms with van der Waals surface area (Å²) in [6.45, 7) is 7.69. The zero-order valence-electron chi connectivity index (χ0n) is 13.7. The summed E-state index contributed by atoms with van der Waals surface area (Å²) >= 11 is 0. The molecule has 0 saturated carbocycles. The van der Waals surface area contributed by atoms with Gasteiger partial charge in [-0.2, -0.15) is 0 Å². The highest BCUT2D eigenvalue weighted by Crippen LogP contribution is 2.19. The molecule has 126 valence electrons. The van der Waals surface area contributed by atoms with Gasteiger partial charge in [-0.15, -0.1) is 0 Å². The molecular formula is C18H27N3O2. The van der Waals surface area contributed by atoms with Crippen LogP contribution in [0.1, 0.15) is 18.4 Å². The highest BCUT2D eigenvalue weighted by molar-refractivity contribution is 5.67. The summed E-state index contributed by atoms with van der Waals surface area (Å²) in [6, 6.07) is 9.85. The zero-order chi connectivity index (χ0) is 15.9. The van der Waals surface area contributed by atoms with E-state index in [0.29, 0.717) is 12.5 Å². The normalized spacial score (nSPS) is 20.4. The quantitative estimate of drug-likeness (QED) is 0.922.